The monoisotopic (exact) mass is 294 g/mol. The Kier molecular flexibility index (Phi) is 3.66. The fourth-order valence-corrected chi connectivity index (χ4v) is 2.17. The second kappa shape index (κ2) is 5.77. The van der Waals surface area contributed by atoms with Crippen molar-refractivity contribution in [3.8, 4) is 17.2 Å². The summed E-state index contributed by atoms with van der Waals surface area (Å²) in [6.45, 7) is 0. The lowest BCUT2D eigenvalue weighted by molar-refractivity contribution is 0.0735. The van der Waals surface area contributed by atoms with Gasteiger partial charge >= 0.3 is 5.97 Å². The van der Waals surface area contributed by atoms with Gasteiger partial charge in [0.05, 0.1) is 12.7 Å². The lowest BCUT2D eigenvalue weighted by Crippen LogP contribution is -2.08. The van der Waals surface area contributed by atoms with E-state index in [-0.39, 0.29) is 5.75 Å². The van der Waals surface area contributed by atoms with Gasteiger partial charge in [-0.2, -0.15) is 0 Å². The van der Waals surface area contributed by atoms with Gasteiger partial charge in [-0.15, -0.1) is 0 Å². The number of hydrogen-bond donors (Lipinski definition) is 1. The molecule has 0 amide bonds. The third-order valence-corrected chi connectivity index (χ3v) is 3.33. The van der Waals surface area contributed by atoms with E-state index in [4.69, 9.17) is 9.47 Å². The first kappa shape index (κ1) is 13.9. The van der Waals surface area contributed by atoms with Crippen LogP contribution in [0.4, 0.5) is 0 Å². The van der Waals surface area contributed by atoms with Crippen LogP contribution in [-0.4, -0.2) is 18.2 Å². The van der Waals surface area contributed by atoms with Crippen LogP contribution in [0.25, 0.3) is 10.8 Å². The number of carbonyl (C=O) groups excluding carboxylic acids is 1. The molecule has 0 saturated carbocycles. The fraction of sp³-hybridized carbons (Fsp3) is 0.0556. The van der Waals surface area contributed by atoms with Gasteiger partial charge < -0.3 is 14.6 Å². The van der Waals surface area contributed by atoms with Gasteiger partial charge in [0.25, 0.3) is 0 Å². The van der Waals surface area contributed by atoms with Crippen LogP contribution in [0.2, 0.25) is 0 Å². The minimum atomic E-state index is -0.430. The Morgan fingerprint density at radius 1 is 0.864 bits per heavy atom. The predicted molar refractivity (Wildman–Crippen MR) is 83.6 cm³/mol. The summed E-state index contributed by atoms with van der Waals surface area (Å²) in [5, 5.41) is 11.2. The Bertz CT molecular complexity index is 822. The molecule has 110 valence electrons. The Balaban J connectivity index is 1.83. The quantitative estimate of drug-likeness (QED) is 0.590. The average molecular weight is 294 g/mol. The van der Waals surface area contributed by atoms with Crippen molar-refractivity contribution in [3.63, 3.8) is 0 Å². The zero-order valence-electron chi connectivity index (χ0n) is 11.9. The molecule has 0 unspecified atom stereocenters. The molecule has 0 atom stereocenters. The van der Waals surface area contributed by atoms with Gasteiger partial charge in [-0.3, -0.25) is 0 Å². The van der Waals surface area contributed by atoms with Crippen LogP contribution >= 0.6 is 0 Å². The first-order valence-corrected chi connectivity index (χ1v) is 6.75. The van der Waals surface area contributed by atoms with E-state index in [2.05, 4.69) is 0 Å². The zero-order chi connectivity index (χ0) is 15.5. The predicted octanol–water partition coefficient (Wildman–Crippen LogP) is 3.77. The summed E-state index contributed by atoms with van der Waals surface area (Å²) in [6, 6.07) is 17.0. The molecule has 22 heavy (non-hydrogen) atoms. The molecule has 3 aromatic carbocycles. The lowest BCUT2D eigenvalue weighted by Gasteiger charge is -2.06. The number of rotatable bonds is 3. The summed E-state index contributed by atoms with van der Waals surface area (Å²) in [6.07, 6.45) is 0. The fourth-order valence-electron chi connectivity index (χ4n) is 2.17. The minimum absolute atomic E-state index is 0.195. The second-order valence-electron chi connectivity index (χ2n) is 4.81. The number of hydrogen-bond acceptors (Lipinski definition) is 4. The van der Waals surface area contributed by atoms with Crippen molar-refractivity contribution >= 4 is 16.7 Å². The van der Waals surface area contributed by atoms with Crippen LogP contribution in [0.5, 0.6) is 17.2 Å². The van der Waals surface area contributed by atoms with E-state index in [1.54, 1.807) is 67.8 Å². The Labute approximate surface area is 127 Å². The number of aromatic hydroxyl groups is 1. The number of benzene rings is 3. The van der Waals surface area contributed by atoms with Crippen LogP contribution in [0.15, 0.2) is 60.7 Å². The van der Waals surface area contributed by atoms with Gasteiger partial charge in [0.2, 0.25) is 0 Å². The SMILES string of the molecule is COc1ccc(OC(=O)c2ccc3cc(O)ccc3c2)cc1. The Morgan fingerprint density at radius 2 is 1.50 bits per heavy atom. The number of fused-ring (bicyclic) bond motifs is 1. The van der Waals surface area contributed by atoms with Crippen LogP contribution < -0.4 is 9.47 Å². The van der Waals surface area contributed by atoms with E-state index in [1.807, 2.05) is 0 Å². The summed E-state index contributed by atoms with van der Waals surface area (Å²) >= 11 is 0. The van der Waals surface area contributed by atoms with Crippen molar-refractivity contribution in [1.82, 2.24) is 0 Å². The van der Waals surface area contributed by atoms with Crippen LogP contribution in [-0.2, 0) is 0 Å². The van der Waals surface area contributed by atoms with Gasteiger partial charge in [0, 0.05) is 0 Å². The summed E-state index contributed by atoms with van der Waals surface area (Å²) in [5.74, 6) is 0.920. The first-order chi connectivity index (χ1) is 10.7. The number of phenolic OH excluding ortho intramolecular Hbond substituents is 1. The summed E-state index contributed by atoms with van der Waals surface area (Å²) < 4.78 is 10.4. The Morgan fingerprint density at radius 3 is 2.23 bits per heavy atom. The number of carbonyl (C=O) groups is 1. The molecule has 0 heterocycles. The van der Waals surface area contributed by atoms with Crippen molar-refractivity contribution < 1.29 is 19.4 Å². The van der Waals surface area contributed by atoms with E-state index in [9.17, 15) is 9.90 Å². The number of phenols is 1. The maximum atomic E-state index is 12.2. The molecule has 4 nitrogen and oxygen atoms in total. The van der Waals surface area contributed by atoms with Crippen molar-refractivity contribution in [2.24, 2.45) is 0 Å². The number of esters is 1. The molecule has 0 aromatic heterocycles. The van der Waals surface area contributed by atoms with E-state index in [0.29, 0.717) is 17.1 Å². The van der Waals surface area contributed by atoms with Crippen molar-refractivity contribution in [2.45, 2.75) is 0 Å². The van der Waals surface area contributed by atoms with E-state index >= 15 is 0 Å². The molecule has 0 aliphatic carbocycles. The third-order valence-electron chi connectivity index (χ3n) is 3.33. The van der Waals surface area contributed by atoms with Gasteiger partial charge in [0.15, 0.2) is 0 Å². The molecule has 0 bridgehead atoms. The molecular formula is C18H14O4. The number of methoxy groups -OCH3 is 1. The minimum Gasteiger partial charge on any atom is -0.508 e. The average Bonchev–Trinajstić information content (AvgIpc) is 2.55. The van der Waals surface area contributed by atoms with E-state index in [0.717, 1.165) is 10.8 Å². The van der Waals surface area contributed by atoms with Gasteiger partial charge in [-0.05, 0) is 59.3 Å². The van der Waals surface area contributed by atoms with Gasteiger partial charge in [-0.25, -0.2) is 4.79 Å². The zero-order valence-corrected chi connectivity index (χ0v) is 11.9. The normalized spacial score (nSPS) is 10.4. The lowest BCUT2D eigenvalue weighted by atomic mass is 10.1. The van der Waals surface area contributed by atoms with E-state index in [1.165, 1.54) is 0 Å². The van der Waals surface area contributed by atoms with Crippen molar-refractivity contribution in [1.29, 1.82) is 0 Å². The molecular weight excluding hydrogens is 280 g/mol. The van der Waals surface area contributed by atoms with E-state index < -0.39 is 5.97 Å². The highest BCUT2D eigenvalue weighted by molar-refractivity contribution is 5.96. The largest absolute Gasteiger partial charge is 0.508 e. The molecule has 0 aliphatic heterocycles. The van der Waals surface area contributed by atoms with Crippen LogP contribution in [0.3, 0.4) is 0 Å². The smallest absolute Gasteiger partial charge is 0.343 e. The molecule has 3 rings (SSSR count). The highest BCUT2D eigenvalue weighted by Gasteiger charge is 2.09. The number of ether oxygens (including phenoxy) is 2. The molecule has 4 heteroatoms. The maximum absolute atomic E-state index is 12.2. The summed E-state index contributed by atoms with van der Waals surface area (Å²) in [5.41, 5.74) is 0.453. The topological polar surface area (TPSA) is 55.8 Å². The molecule has 0 radical (unpaired) electrons. The molecule has 3 aromatic rings. The van der Waals surface area contributed by atoms with Crippen molar-refractivity contribution in [3.05, 3.63) is 66.2 Å². The van der Waals surface area contributed by atoms with Gasteiger partial charge in [-0.1, -0.05) is 12.1 Å². The maximum Gasteiger partial charge on any atom is 0.343 e. The standard InChI is InChI=1S/C18H14O4/c1-21-16-6-8-17(9-7-16)22-18(20)14-3-2-13-11-15(19)5-4-12(13)10-14/h2-11,19H,1H3. The van der Waals surface area contributed by atoms with Crippen LogP contribution in [0, 0.1) is 0 Å². The molecule has 0 spiro atoms. The van der Waals surface area contributed by atoms with Crippen LogP contribution in [0.1, 0.15) is 10.4 Å². The summed E-state index contributed by atoms with van der Waals surface area (Å²) in [7, 11) is 1.58. The third kappa shape index (κ3) is 2.86. The Hall–Kier alpha value is -3.01. The highest BCUT2D eigenvalue weighted by Crippen LogP contribution is 2.22. The molecule has 0 aliphatic rings. The first-order valence-electron chi connectivity index (χ1n) is 6.75. The highest BCUT2D eigenvalue weighted by atomic mass is 16.5. The summed E-state index contributed by atoms with van der Waals surface area (Å²) in [4.78, 5) is 12.2. The van der Waals surface area contributed by atoms with Gasteiger partial charge in [0.1, 0.15) is 17.2 Å². The molecule has 0 fully saturated rings. The molecule has 0 saturated heterocycles. The second-order valence-corrected chi connectivity index (χ2v) is 4.81. The molecule has 1 N–H and O–H groups in total. The van der Waals surface area contributed by atoms with Crippen molar-refractivity contribution in [2.75, 3.05) is 7.11 Å².